The molecule has 2 rings (SSSR count). The third-order valence-electron chi connectivity index (χ3n) is 2.92. The molecule has 5 heteroatoms. The molecule has 0 aliphatic heterocycles. The molecule has 0 saturated heterocycles. The standard InChI is InChI=1S/C15H18N4O/c1-3-14-15(11-19(2)18-14)17-10-12-5-4-6-13(9-12)20-8-7-16/h4-6,9,11,17H,3,8,10H2,1-2H3. The van der Waals surface area contributed by atoms with Gasteiger partial charge in [-0.2, -0.15) is 10.4 Å². The van der Waals surface area contributed by atoms with Gasteiger partial charge in [0.05, 0.1) is 11.4 Å². The van der Waals surface area contributed by atoms with E-state index in [1.54, 1.807) is 0 Å². The average Bonchev–Trinajstić information content (AvgIpc) is 2.83. The van der Waals surface area contributed by atoms with Crippen LogP contribution in [0.2, 0.25) is 0 Å². The Morgan fingerprint density at radius 2 is 2.30 bits per heavy atom. The Bertz CT molecular complexity index is 613. The number of hydrogen-bond donors (Lipinski definition) is 1. The van der Waals surface area contributed by atoms with Gasteiger partial charge in [-0.05, 0) is 24.1 Å². The molecule has 1 aromatic heterocycles. The number of nitrogens with zero attached hydrogens (tertiary/aromatic N) is 3. The number of nitriles is 1. The first kappa shape index (κ1) is 13.9. The van der Waals surface area contributed by atoms with Gasteiger partial charge in [-0.25, -0.2) is 0 Å². The maximum atomic E-state index is 8.51. The molecule has 5 nitrogen and oxygen atoms in total. The highest BCUT2D eigenvalue weighted by molar-refractivity contribution is 5.47. The molecular formula is C15H18N4O. The highest BCUT2D eigenvalue weighted by Gasteiger charge is 2.05. The number of aromatic nitrogens is 2. The minimum absolute atomic E-state index is 0.0689. The van der Waals surface area contributed by atoms with E-state index in [0.717, 1.165) is 23.4 Å². The highest BCUT2D eigenvalue weighted by atomic mass is 16.5. The van der Waals surface area contributed by atoms with Crippen molar-refractivity contribution in [1.82, 2.24) is 9.78 Å². The van der Waals surface area contributed by atoms with Crippen LogP contribution in [0.15, 0.2) is 30.5 Å². The van der Waals surface area contributed by atoms with Gasteiger partial charge in [-0.15, -0.1) is 0 Å². The molecule has 20 heavy (non-hydrogen) atoms. The number of anilines is 1. The largest absolute Gasteiger partial charge is 0.479 e. The van der Waals surface area contributed by atoms with E-state index < -0.39 is 0 Å². The number of nitrogens with one attached hydrogen (secondary N) is 1. The molecule has 1 N–H and O–H groups in total. The van der Waals surface area contributed by atoms with Crippen LogP contribution in [0.25, 0.3) is 0 Å². The van der Waals surface area contributed by atoms with Gasteiger partial charge in [-0.1, -0.05) is 19.1 Å². The number of aryl methyl sites for hydroxylation is 2. The Morgan fingerprint density at radius 1 is 1.45 bits per heavy atom. The zero-order valence-electron chi connectivity index (χ0n) is 11.8. The molecule has 0 amide bonds. The number of hydrogen-bond acceptors (Lipinski definition) is 4. The molecule has 0 saturated carbocycles. The Hall–Kier alpha value is -2.48. The highest BCUT2D eigenvalue weighted by Crippen LogP contribution is 2.17. The smallest absolute Gasteiger partial charge is 0.174 e. The van der Waals surface area contributed by atoms with Crippen molar-refractivity contribution >= 4 is 5.69 Å². The van der Waals surface area contributed by atoms with E-state index in [0.29, 0.717) is 12.3 Å². The average molecular weight is 270 g/mol. The summed E-state index contributed by atoms with van der Waals surface area (Å²) in [6, 6.07) is 9.70. The fraction of sp³-hybridized carbons (Fsp3) is 0.333. The van der Waals surface area contributed by atoms with Crippen molar-refractivity contribution in [2.45, 2.75) is 19.9 Å². The van der Waals surface area contributed by atoms with Crippen molar-refractivity contribution in [3.63, 3.8) is 0 Å². The van der Waals surface area contributed by atoms with Gasteiger partial charge >= 0.3 is 0 Å². The van der Waals surface area contributed by atoms with Crippen LogP contribution in [0.3, 0.4) is 0 Å². The summed E-state index contributed by atoms with van der Waals surface area (Å²) in [5.74, 6) is 0.716. The summed E-state index contributed by atoms with van der Waals surface area (Å²) in [6.45, 7) is 2.85. The van der Waals surface area contributed by atoms with Gasteiger partial charge in [-0.3, -0.25) is 4.68 Å². The molecule has 0 spiro atoms. The van der Waals surface area contributed by atoms with Gasteiger partial charge in [0.2, 0.25) is 0 Å². The van der Waals surface area contributed by atoms with Gasteiger partial charge in [0.1, 0.15) is 11.8 Å². The molecule has 0 bridgehead atoms. The number of rotatable bonds is 6. The lowest BCUT2D eigenvalue weighted by molar-refractivity contribution is 0.368. The molecule has 0 aliphatic rings. The van der Waals surface area contributed by atoms with Crippen molar-refractivity contribution in [3.8, 4) is 11.8 Å². The third kappa shape index (κ3) is 3.51. The molecule has 104 valence electrons. The molecule has 1 heterocycles. The number of benzene rings is 1. The summed E-state index contributed by atoms with van der Waals surface area (Å²) in [5.41, 5.74) is 3.22. The van der Waals surface area contributed by atoms with Crippen molar-refractivity contribution in [1.29, 1.82) is 5.26 Å². The summed E-state index contributed by atoms with van der Waals surface area (Å²) in [5, 5.41) is 16.3. The number of ether oxygens (including phenoxy) is 1. The minimum atomic E-state index is 0.0689. The summed E-state index contributed by atoms with van der Waals surface area (Å²) in [4.78, 5) is 0. The topological polar surface area (TPSA) is 62.9 Å². The van der Waals surface area contributed by atoms with E-state index in [-0.39, 0.29) is 6.61 Å². The fourth-order valence-corrected chi connectivity index (χ4v) is 2.00. The second-order valence-corrected chi connectivity index (χ2v) is 4.46. The van der Waals surface area contributed by atoms with Crippen LogP contribution in [0, 0.1) is 11.3 Å². The van der Waals surface area contributed by atoms with Crippen LogP contribution in [-0.4, -0.2) is 16.4 Å². The first-order valence-electron chi connectivity index (χ1n) is 6.58. The Balaban J connectivity index is 2.01. The van der Waals surface area contributed by atoms with Crippen LogP contribution in [-0.2, 0) is 20.0 Å². The van der Waals surface area contributed by atoms with Crippen LogP contribution in [0.4, 0.5) is 5.69 Å². The fourth-order valence-electron chi connectivity index (χ4n) is 2.00. The minimum Gasteiger partial charge on any atom is -0.479 e. The van der Waals surface area contributed by atoms with Crippen molar-refractivity contribution in [2.75, 3.05) is 11.9 Å². The molecule has 0 unspecified atom stereocenters. The summed E-state index contributed by atoms with van der Waals surface area (Å²) in [6.07, 6.45) is 2.88. The quantitative estimate of drug-likeness (QED) is 0.876. The van der Waals surface area contributed by atoms with E-state index in [1.165, 1.54) is 0 Å². The Kier molecular flexibility index (Phi) is 4.61. The van der Waals surface area contributed by atoms with Crippen LogP contribution in [0.1, 0.15) is 18.2 Å². The molecule has 0 atom stereocenters. The van der Waals surface area contributed by atoms with Crippen LogP contribution in [0.5, 0.6) is 5.75 Å². The molecule has 1 aromatic carbocycles. The van der Waals surface area contributed by atoms with Gasteiger partial charge < -0.3 is 10.1 Å². The molecule has 2 aromatic rings. The SMILES string of the molecule is CCc1nn(C)cc1NCc1cccc(OCC#N)c1. The second-order valence-electron chi connectivity index (χ2n) is 4.46. The normalized spacial score (nSPS) is 10.1. The molecule has 0 aliphatic carbocycles. The predicted octanol–water partition coefficient (Wildman–Crippen LogP) is 2.50. The van der Waals surface area contributed by atoms with Crippen LogP contribution < -0.4 is 10.1 Å². The van der Waals surface area contributed by atoms with Crippen LogP contribution >= 0.6 is 0 Å². The van der Waals surface area contributed by atoms with Gasteiger partial charge in [0.25, 0.3) is 0 Å². The van der Waals surface area contributed by atoms with Gasteiger partial charge in [0.15, 0.2) is 6.61 Å². The lowest BCUT2D eigenvalue weighted by Gasteiger charge is -2.07. The summed E-state index contributed by atoms with van der Waals surface area (Å²) >= 11 is 0. The van der Waals surface area contributed by atoms with Crippen molar-refractivity contribution in [2.24, 2.45) is 7.05 Å². The lowest BCUT2D eigenvalue weighted by atomic mass is 10.2. The maximum Gasteiger partial charge on any atom is 0.174 e. The first-order chi connectivity index (χ1) is 9.72. The maximum absolute atomic E-state index is 8.51. The zero-order valence-corrected chi connectivity index (χ0v) is 11.8. The Labute approximate surface area is 118 Å². The monoisotopic (exact) mass is 270 g/mol. The van der Waals surface area contributed by atoms with E-state index in [4.69, 9.17) is 10.00 Å². The van der Waals surface area contributed by atoms with Gasteiger partial charge in [0, 0.05) is 19.8 Å². The molecule has 0 radical (unpaired) electrons. The summed E-state index contributed by atoms with van der Waals surface area (Å²) in [7, 11) is 1.92. The molecule has 0 fully saturated rings. The zero-order chi connectivity index (χ0) is 14.4. The first-order valence-corrected chi connectivity index (χ1v) is 6.58. The Morgan fingerprint density at radius 3 is 3.05 bits per heavy atom. The third-order valence-corrected chi connectivity index (χ3v) is 2.92. The second kappa shape index (κ2) is 6.62. The van der Waals surface area contributed by atoms with Crippen molar-refractivity contribution < 1.29 is 4.74 Å². The summed E-state index contributed by atoms with van der Waals surface area (Å²) < 4.78 is 7.10. The van der Waals surface area contributed by atoms with E-state index >= 15 is 0 Å². The lowest BCUT2D eigenvalue weighted by Crippen LogP contribution is -2.01. The van der Waals surface area contributed by atoms with E-state index in [9.17, 15) is 0 Å². The van der Waals surface area contributed by atoms with E-state index in [2.05, 4.69) is 17.3 Å². The predicted molar refractivity (Wildman–Crippen MR) is 77.5 cm³/mol. The van der Waals surface area contributed by atoms with E-state index in [1.807, 2.05) is 48.3 Å². The molecular weight excluding hydrogens is 252 g/mol. The van der Waals surface area contributed by atoms with Crippen molar-refractivity contribution in [3.05, 3.63) is 41.7 Å².